The van der Waals surface area contributed by atoms with Gasteiger partial charge in [-0.25, -0.2) is 0 Å². The quantitative estimate of drug-likeness (QED) is 0.641. The van der Waals surface area contributed by atoms with Gasteiger partial charge in [-0.2, -0.15) is 0 Å². The van der Waals surface area contributed by atoms with Crippen molar-refractivity contribution < 1.29 is 4.79 Å². The molecule has 1 saturated heterocycles. The van der Waals surface area contributed by atoms with E-state index >= 15 is 0 Å². The van der Waals surface area contributed by atoms with Gasteiger partial charge in [0.25, 0.3) is 0 Å². The van der Waals surface area contributed by atoms with Gasteiger partial charge in [-0.15, -0.1) is 11.8 Å². The lowest BCUT2D eigenvalue weighted by Gasteiger charge is -2.32. The van der Waals surface area contributed by atoms with Crippen molar-refractivity contribution in [3.05, 3.63) is 30.3 Å². The van der Waals surface area contributed by atoms with E-state index in [1.165, 1.54) is 4.90 Å². The summed E-state index contributed by atoms with van der Waals surface area (Å²) < 4.78 is 0. The lowest BCUT2D eigenvalue weighted by Crippen LogP contribution is -2.46. The minimum Gasteiger partial charge on any atom is -0.355 e. The summed E-state index contributed by atoms with van der Waals surface area (Å²) in [6.45, 7) is 4.71. The number of benzene rings is 1. The monoisotopic (exact) mass is 278 g/mol. The molecule has 1 heterocycles. The number of rotatable bonds is 5. The van der Waals surface area contributed by atoms with Crippen LogP contribution in [-0.2, 0) is 4.79 Å². The Bertz CT molecular complexity index is 402. The van der Waals surface area contributed by atoms with Gasteiger partial charge in [0.05, 0.1) is 0 Å². The highest BCUT2D eigenvalue weighted by Crippen LogP contribution is 2.27. The summed E-state index contributed by atoms with van der Waals surface area (Å²) in [6, 6.07) is 10.3. The fourth-order valence-electron chi connectivity index (χ4n) is 2.27. The molecule has 1 fully saturated rings. The maximum Gasteiger partial charge on any atom is 0.226 e. The molecule has 0 unspecified atom stereocenters. The summed E-state index contributed by atoms with van der Waals surface area (Å²) >= 11 is 1.78. The third-order valence-corrected chi connectivity index (χ3v) is 4.67. The van der Waals surface area contributed by atoms with Crippen molar-refractivity contribution in [1.82, 2.24) is 10.6 Å². The largest absolute Gasteiger partial charge is 0.355 e. The second-order valence-electron chi connectivity index (χ2n) is 5.23. The zero-order chi connectivity index (χ0) is 13.6. The third-order valence-electron chi connectivity index (χ3n) is 3.65. The van der Waals surface area contributed by atoms with Crippen LogP contribution in [0.3, 0.4) is 0 Å². The fraction of sp³-hybridized carbons (Fsp3) is 0.533. The Morgan fingerprint density at radius 2 is 2.00 bits per heavy atom. The van der Waals surface area contributed by atoms with Crippen molar-refractivity contribution in [1.29, 1.82) is 0 Å². The van der Waals surface area contributed by atoms with E-state index < -0.39 is 0 Å². The number of hydrogen-bond donors (Lipinski definition) is 2. The zero-order valence-corrected chi connectivity index (χ0v) is 12.3. The number of carbonyl (C=O) groups excluding carboxylic acids is 1. The first-order valence-corrected chi connectivity index (χ1v) is 7.86. The molecule has 3 nitrogen and oxygen atoms in total. The van der Waals surface area contributed by atoms with Crippen LogP contribution in [0.5, 0.6) is 0 Å². The zero-order valence-electron chi connectivity index (χ0n) is 11.4. The molecule has 2 N–H and O–H groups in total. The first-order chi connectivity index (χ1) is 9.21. The molecule has 1 aromatic carbocycles. The number of amides is 1. The van der Waals surface area contributed by atoms with Crippen molar-refractivity contribution >= 4 is 17.7 Å². The summed E-state index contributed by atoms with van der Waals surface area (Å²) in [5.41, 5.74) is -0.178. The molecule has 1 aliphatic heterocycles. The number of carbonyl (C=O) groups is 1. The molecule has 1 aromatic rings. The normalized spacial score (nSPS) is 17.9. The van der Waals surface area contributed by atoms with Crippen LogP contribution in [0.1, 0.15) is 19.8 Å². The van der Waals surface area contributed by atoms with E-state index in [-0.39, 0.29) is 11.3 Å². The fourth-order valence-corrected chi connectivity index (χ4v) is 3.06. The molecule has 2 rings (SSSR count). The van der Waals surface area contributed by atoms with Crippen LogP contribution in [0.4, 0.5) is 0 Å². The molecule has 0 bridgehead atoms. The van der Waals surface area contributed by atoms with Crippen molar-refractivity contribution in [2.45, 2.75) is 24.7 Å². The Morgan fingerprint density at radius 3 is 2.68 bits per heavy atom. The Kier molecular flexibility index (Phi) is 5.28. The van der Waals surface area contributed by atoms with E-state index in [1.807, 2.05) is 18.2 Å². The lowest BCUT2D eigenvalue weighted by molar-refractivity contribution is -0.131. The van der Waals surface area contributed by atoms with Crippen LogP contribution in [0.2, 0.25) is 0 Å². The SMILES string of the molecule is CC1(C(=O)NCCSc2ccccc2)CCNCC1. The standard InChI is InChI=1S/C15H22N2OS/c1-15(7-9-16-10-8-15)14(18)17-11-12-19-13-5-3-2-4-6-13/h2-6,16H,7-12H2,1H3,(H,17,18). The molecule has 0 atom stereocenters. The molecular weight excluding hydrogens is 256 g/mol. The number of nitrogens with one attached hydrogen (secondary N) is 2. The molecule has 0 saturated carbocycles. The summed E-state index contributed by atoms with van der Waals surface area (Å²) in [4.78, 5) is 13.4. The number of hydrogen-bond acceptors (Lipinski definition) is 3. The van der Waals surface area contributed by atoms with Crippen molar-refractivity contribution in [3.8, 4) is 0 Å². The van der Waals surface area contributed by atoms with Crippen LogP contribution in [0.25, 0.3) is 0 Å². The van der Waals surface area contributed by atoms with E-state index in [9.17, 15) is 4.79 Å². The molecule has 0 aliphatic carbocycles. The Labute approximate surface area is 119 Å². The van der Waals surface area contributed by atoms with Crippen LogP contribution in [0.15, 0.2) is 35.2 Å². The molecular formula is C15H22N2OS. The minimum absolute atomic E-state index is 0.178. The predicted molar refractivity (Wildman–Crippen MR) is 80.4 cm³/mol. The maximum absolute atomic E-state index is 12.2. The molecule has 19 heavy (non-hydrogen) atoms. The summed E-state index contributed by atoms with van der Waals surface area (Å²) in [7, 11) is 0. The van der Waals surface area contributed by atoms with E-state index in [1.54, 1.807) is 11.8 Å². The molecule has 0 spiro atoms. The Hall–Kier alpha value is -1.00. The van der Waals surface area contributed by atoms with Gasteiger partial charge in [0.2, 0.25) is 5.91 Å². The van der Waals surface area contributed by atoms with Crippen LogP contribution in [0, 0.1) is 5.41 Å². The lowest BCUT2D eigenvalue weighted by atomic mass is 9.80. The molecule has 0 radical (unpaired) electrons. The van der Waals surface area contributed by atoms with Gasteiger partial charge in [0, 0.05) is 22.6 Å². The predicted octanol–water partition coefficient (Wildman–Crippen LogP) is 2.28. The first-order valence-electron chi connectivity index (χ1n) is 6.88. The highest BCUT2D eigenvalue weighted by Gasteiger charge is 2.33. The van der Waals surface area contributed by atoms with Crippen molar-refractivity contribution in [3.63, 3.8) is 0 Å². The van der Waals surface area contributed by atoms with E-state index in [0.29, 0.717) is 0 Å². The summed E-state index contributed by atoms with van der Waals surface area (Å²) in [5.74, 6) is 1.13. The van der Waals surface area contributed by atoms with Crippen LogP contribution >= 0.6 is 11.8 Å². The maximum atomic E-state index is 12.2. The molecule has 1 aliphatic rings. The average Bonchev–Trinajstić information content (AvgIpc) is 2.45. The summed E-state index contributed by atoms with van der Waals surface area (Å²) in [5, 5.41) is 6.38. The van der Waals surface area contributed by atoms with Crippen molar-refractivity contribution in [2.75, 3.05) is 25.4 Å². The van der Waals surface area contributed by atoms with Gasteiger partial charge in [-0.3, -0.25) is 4.79 Å². The topological polar surface area (TPSA) is 41.1 Å². The molecule has 1 amide bonds. The van der Waals surface area contributed by atoms with Gasteiger partial charge in [-0.1, -0.05) is 25.1 Å². The third kappa shape index (κ3) is 4.25. The van der Waals surface area contributed by atoms with Gasteiger partial charge in [-0.05, 0) is 38.1 Å². The molecule has 0 aromatic heterocycles. The number of thioether (sulfide) groups is 1. The molecule has 4 heteroatoms. The molecule has 104 valence electrons. The average molecular weight is 278 g/mol. The van der Waals surface area contributed by atoms with Gasteiger partial charge in [0.15, 0.2) is 0 Å². The van der Waals surface area contributed by atoms with E-state index in [0.717, 1.165) is 38.2 Å². The van der Waals surface area contributed by atoms with Gasteiger partial charge in [0.1, 0.15) is 0 Å². The summed E-state index contributed by atoms with van der Waals surface area (Å²) in [6.07, 6.45) is 1.87. The smallest absolute Gasteiger partial charge is 0.226 e. The Balaban J connectivity index is 1.69. The van der Waals surface area contributed by atoms with Gasteiger partial charge >= 0.3 is 0 Å². The first kappa shape index (κ1) is 14.4. The second-order valence-corrected chi connectivity index (χ2v) is 6.40. The minimum atomic E-state index is -0.178. The second kappa shape index (κ2) is 6.96. The van der Waals surface area contributed by atoms with Gasteiger partial charge < -0.3 is 10.6 Å². The van der Waals surface area contributed by atoms with Crippen LogP contribution in [-0.4, -0.2) is 31.3 Å². The number of piperidine rings is 1. The highest BCUT2D eigenvalue weighted by molar-refractivity contribution is 7.99. The van der Waals surface area contributed by atoms with Crippen LogP contribution < -0.4 is 10.6 Å². The highest BCUT2D eigenvalue weighted by atomic mass is 32.2. The van der Waals surface area contributed by atoms with E-state index in [4.69, 9.17) is 0 Å². The van der Waals surface area contributed by atoms with E-state index in [2.05, 4.69) is 29.7 Å². The van der Waals surface area contributed by atoms with Crippen molar-refractivity contribution in [2.24, 2.45) is 5.41 Å². The Morgan fingerprint density at radius 1 is 1.32 bits per heavy atom.